The van der Waals surface area contributed by atoms with E-state index in [0.29, 0.717) is 17.9 Å². The van der Waals surface area contributed by atoms with Gasteiger partial charge in [0.1, 0.15) is 0 Å². The molecule has 0 spiro atoms. The van der Waals surface area contributed by atoms with E-state index in [0.717, 1.165) is 26.1 Å². The lowest BCUT2D eigenvalue weighted by atomic mass is 9.97. The van der Waals surface area contributed by atoms with Crippen molar-refractivity contribution in [3.05, 3.63) is 0 Å². The monoisotopic (exact) mass is 300 g/mol. The third-order valence-corrected chi connectivity index (χ3v) is 5.87. The summed E-state index contributed by atoms with van der Waals surface area (Å²) >= 11 is -1.87. The fraction of sp³-hybridized carbons (Fsp3) is 1.00. The molecule has 1 heterocycles. The van der Waals surface area contributed by atoms with Crippen LogP contribution < -0.4 is 0 Å². The molecule has 0 aromatic carbocycles. The van der Waals surface area contributed by atoms with Gasteiger partial charge in [-0.15, -0.1) is 0 Å². The minimum Gasteiger partial charge on any atom is -0.454 e. The molecule has 0 radical (unpaired) electrons. The summed E-state index contributed by atoms with van der Waals surface area (Å²) < 4.78 is 18.0. The van der Waals surface area contributed by atoms with Crippen LogP contribution in [0.1, 0.15) is 72.6 Å². The number of rotatable bonds is 10. The molecule has 1 saturated heterocycles. The molecule has 3 atom stereocenters. The van der Waals surface area contributed by atoms with E-state index < -0.39 is 15.1 Å². The Kier molecular flexibility index (Phi) is 10.2. The van der Waals surface area contributed by atoms with Crippen molar-refractivity contribution in [3.8, 4) is 0 Å². The molecule has 0 saturated carbocycles. The molecule has 1 rings (SSSR count). The van der Waals surface area contributed by atoms with Crippen LogP contribution in [-0.2, 0) is 11.4 Å². The minimum absolute atomic E-state index is 0.367. The van der Waals surface area contributed by atoms with Gasteiger partial charge in [0.15, 0.2) is 0 Å². The van der Waals surface area contributed by atoms with Gasteiger partial charge >= 0.3 is 15.1 Å². The maximum atomic E-state index is 6.12. The smallest absolute Gasteiger partial charge is 0.454 e. The van der Waals surface area contributed by atoms with Crippen molar-refractivity contribution < 1.29 is 11.4 Å². The van der Waals surface area contributed by atoms with E-state index in [2.05, 4.69) is 27.7 Å². The summed E-state index contributed by atoms with van der Waals surface area (Å²) in [7, 11) is 0. The first-order valence-electron chi connectivity index (χ1n) is 8.63. The second-order valence-electron chi connectivity index (χ2n) is 6.00. The van der Waals surface area contributed by atoms with Crippen molar-refractivity contribution in [1.29, 1.82) is 0 Å². The van der Waals surface area contributed by atoms with Crippen LogP contribution >= 0.6 is 0 Å². The van der Waals surface area contributed by atoms with E-state index in [1.807, 2.05) is 0 Å². The zero-order valence-electron chi connectivity index (χ0n) is 13.9. The maximum absolute atomic E-state index is 6.12. The number of unbranched alkanes of at least 4 members (excludes halogenated alkanes) is 1. The molecule has 118 valence electrons. The van der Waals surface area contributed by atoms with Crippen molar-refractivity contribution in [2.75, 3.05) is 13.2 Å². The molecule has 20 heavy (non-hydrogen) atoms. The molecule has 0 N–H and O–H groups in total. The van der Waals surface area contributed by atoms with Crippen LogP contribution in [0.2, 0.25) is 0 Å². The lowest BCUT2D eigenvalue weighted by Gasteiger charge is -2.34. The van der Waals surface area contributed by atoms with E-state index in [4.69, 9.17) is 11.4 Å². The Morgan fingerprint density at radius 1 is 1.20 bits per heavy atom. The third-order valence-electron chi connectivity index (χ3n) is 4.37. The molecule has 4 heteroatoms. The Hall–Kier alpha value is 0.412. The van der Waals surface area contributed by atoms with Gasteiger partial charge in [0, 0.05) is 25.2 Å². The van der Waals surface area contributed by atoms with E-state index in [9.17, 15) is 0 Å². The maximum Gasteiger partial charge on any atom is 0.905 e. The van der Waals surface area contributed by atoms with Crippen LogP contribution in [0.4, 0.5) is 0 Å². The molecule has 1 aliphatic rings. The average molecular weight is 300 g/mol. The molecule has 0 bridgehead atoms. The van der Waals surface area contributed by atoms with E-state index in [1.165, 1.54) is 32.1 Å². The average Bonchev–Trinajstić information content (AvgIpc) is 2.48. The van der Waals surface area contributed by atoms with Gasteiger partial charge in [-0.05, 0) is 25.2 Å². The van der Waals surface area contributed by atoms with Crippen LogP contribution in [0.25, 0.3) is 0 Å². The SMILES string of the molecule is CCCCC(CC)C[O][Al]1[O]CC(CC)C(CCC)[O]1. The lowest BCUT2D eigenvalue weighted by molar-refractivity contribution is -0.0416. The highest BCUT2D eigenvalue weighted by atomic mass is 27.3. The van der Waals surface area contributed by atoms with Gasteiger partial charge in [-0.3, -0.25) is 0 Å². The molecule has 1 fully saturated rings. The summed E-state index contributed by atoms with van der Waals surface area (Å²) in [6.07, 6.45) is 8.85. The standard InChI is InChI=1S/C8H16O2.C8H17O.Al/c1-3-5-8(10)7(4-2)6-9;1-3-5-6-8(4-2)7-9;/h7-8H,3-6H2,1-2H3;8H,3-7H2,1-2H3;/q-2;-1;+3. The summed E-state index contributed by atoms with van der Waals surface area (Å²) in [6, 6.07) is 0. The molecule has 0 aromatic heterocycles. The van der Waals surface area contributed by atoms with Gasteiger partial charge in [0.05, 0.1) is 0 Å². The topological polar surface area (TPSA) is 27.7 Å². The van der Waals surface area contributed by atoms with Gasteiger partial charge in [-0.1, -0.05) is 53.4 Å². The fourth-order valence-corrected chi connectivity index (χ4v) is 4.50. The van der Waals surface area contributed by atoms with Crippen molar-refractivity contribution in [2.24, 2.45) is 11.8 Å². The van der Waals surface area contributed by atoms with Crippen molar-refractivity contribution in [1.82, 2.24) is 0 Å². The zero-order valence-corrected chi connectivity index (χ0v) is 15.1. The molecule has 1 aliphatic heterocycles. The van der Waals surface area contributed by atoms with Crippen molar-refractivity contribution in [2.45, 2.75) is 78.7 Å². The second-order valence-corrected chi connectivity index (χ2v) is 7.52. The molecule has 3 unspecified atom stereocenters. The highest BCUT2D eigenvalue weighted by Gasteiger charge is 2.41. The highest BCUT2D eigenvalue weighted by molar-refractivity contribution is 6.36. The second kappa shape index (κ2) is 11.0. The normalized spacial score (nSPS) is 24.9. The molecule has 0 aliphatic carbocycles. The predicted molar refractivity (Wildman–Crippen MR) is 84.5 cm³/mol. The van der Waals surface area contributed by atoms with Gasteiger partial charge in [0.25, 0.3) is 0 Å². The van der Waals surface area contributed by atoms with E-state index in [1.54, 1.807) is 0 Å². The van der Waals surface area contributed by atoms with Crippen molar-refractivity contribution >= 4 is 15.1 Å². The third kappa shape index (κ3) is 6.45. The number of hydrogen-bond acceptors (Lipinski definition) is 3. The predicted octanol–water partition coefficient (Wildman–Crippen LogP) is 4.45. The largest absolute Gasteiger partial charge is 0.905 e. The van der Waals surface area contributed by atoms with Gasteiger partial charge in [0.2, 0.25) is 0 Å². The molecular weight excluding hydrogens is 267 g/mol. The fourth-order valence-electron chi connectivity index (χ4n) is 2.77. The van der Waals surface area contributed by atoms with Crippen LogP contribution in [0.3, 0.4) is 0 Å². The molecular formula is C16H33AlO3. The minimum atomic E-state index is -1.87. The number of hydrogen-bond donors (Lipinski definition) is 0. The summed E-state index contributed by atoms with van der Waals surface area (Å²) in [5, 5.41) is 0. The molecule has 0 aromatic rings. The first-order valence-corrected chi connectivity index (χ1v) is 10.0. The molecule has 3 nitrogen and oxygen atoms in total. The summed E-state index contributed by atoms with van der Waals surface area (Å²) in [4.78, 5) is 0. The Balaban J connectivity index is 2.32. The lowest BCUT2D eigenvalue weighted by Crippen LogP contribution is -2.44. The van der Waals surface area contributed by atoms with Gasteiger partial charge < -0.3 is 11.4 Å². The Morgan fingerprint density at radius 2 is 2.00 bits per heavy atom. The van der Waals surface area contributed by atoms with Crippen LogP contribution in [-0.4, -0.2) is 34.5 Å². The van der Waals surface area contributed by atoms with Crippen molar-refractivity contribution in [3.63, 3.8) is 0 Å². The van der Waals surface area contributed by atoms with Crippen LogP contribution in [0.5, 0.6) is 0 Å². The van der Waals surface area contributed by atoms with E-state index >= 15 is 0 Å². The first-order chi connectivity index (χ1) is 9.74. The Morgan fingerprint density at radius 3 is 2.60 bits per heavy atom. The van der Waals surface area contributed by atoms with Gasteiger partial charge in [-0.25, -0.2) is 0 Å². The Labute approximate surface area is 130 Å². The Bertz CT molecular complexity index is 238. The molecule has 0 amide bonds. The van der Waals surface area contributed by atoms with Crippen LogP contribution in [0.15, 0.2) is 0 Å². The first kappa shape index (κ1) is 18.5. The zero-order chi connectivity index (χ0) is 14.8. The highest BCUT2D eigenvalue weighted by Crippen LogP contribution is 2.24. The van der Waals surface area contributed by atoms with E-state index in [-0.39, 0.29) is 0 Å². The summed E-state index contributed by atoms with van der Waals surface area (Å²) in [6.45, 7) is 10.6. The summed E-state index contributed by atoms with van der Waals surface area (Å²) in [5.74, 6) is 1.23. The quantitative estimate of drug-likeness (QED) is 0.558. The summed E-state index contributed by atoms with van der Waals surface area (Å²) in [5.41, 5.74) is 0. The van der Waals surface area contributed by atoms with Crippen LogP contribution in [0, 0.1) is 11.8 Å². The van der Waals surface area contributed by atoms with Gasteiger partial charge in [-0.2, -0.15) is 0 Å².